The predicted molar refractivity (Wildman–Crippen MR) is 114 cm³/mol. The number of unbranched alkanes of at least 4 members (excludes halogenated alkanes) is 1. The third-order valence-corrected chi connectivity index (χ3v) is 5.03. The molecule has 3 aromatic rings. The van der Waals surface area contributed by atoms with Gasteiger partial charge in [0.15, 0.2) is 41.3 Å². The topological polar surface area (TPSA) is 27.7 Å². The summed E-state index contributed by atoms with van der Waals surface area (Å²) in [5.74, 6) is -12.0. The molecule has 11 heteroatoms. The highest BCUT2D eigenvalue weighted by molar-refractivity contribution is 5.67. The molecule has 0 fully saturated rings. The Morgan fingerprint density at radius 1 is 0.639 bits per heavy atom. The molecule has 3 aromatic carbocycles. The van der Waals surface area contributed by atoms with E-state index in [1.807, 2.05) is 6.92 Å². The highest BCUT2D eigenvalue weighted by Crippen LogP contribution is 2.36. The molecule has 0 aliphatic heterocycles. The van der Waals surface area contributed by atoms with Crippen LogP contribution in [-0.2, 0) is 0 Å². The van der Waals surface area contributed by atoms with Crippen LogP contribution in [0.1, 0.15) is 25.3 Å². The molecule has 0 saturated carbocycles. The number of hydrogen-bond acceptors (Lipinski definition) is 3. The monoisotopic (exact) mass is 520 g/mol. The lowest BCUT2D eigenvalue weighted by Gasteiger charge is -2.20. The lowest BCUT2D eigenvalue weighted by Crippen LogP contribution is -2.33. The fourth-order valence-electron chi connectivity index (χ4n) is 3.09. The molecule has 0 radical (unpaired) electrons. The summed E-state index contributed by atoms with van der Waals surface area (Å²) in [5, 5.41) is 0. The van der Waals surface area contributed by atoms with Gasteiger partial charge < -0.3 is 14.2 Å². The highest BCUT2D eigenvalue weighted by atomic mass is 19.3. The van der Waals surface area contributed by atoms with Crippen LogP contribution in [0.25, 0.3) is 11.1 Å². The lowest BCUT2D eigenvalue weighted by atomic mass is 10.0. The molecule has 0 heterocycles. The third kappa shape index (κ3) is 5.83. The fraction of sp³-hybridized carbons (Fsp3) is 0.280. The molecule has 0 unspecified atom stereocenters. The maximum atomic E-state index is 14.6. The summed E-state index contributed by atoms with van der Waals surface area (Å²) < 4.78 is 127. The van der Waals surface area contributed by atoms with Crippen LogP contribution < -0.4 is 14.2 Å². The Kier molecular flexibility index (Phi) is 8.31. The van der Waals surface area contributed by atoms with Crippen LogP contribution in [0.5, 0.6) is 17.2 Å². The minimum atomic E-state index is -4.31. The van der Waals surface area contributed by atoms with Crippen LogP contribution in [-0.4, -0.2) is 19.3 Å². The van der Waals surface area contributed by atoms with Crippen molar-refractivity contribution in [2.24, 2.45) is 0 Å². The Morgan fingerprint density at radius 3 is 1.75 bits per heavy atom. The van der Waals surface area contributed by atoms with Gasteiger partial charge in [-0.25, -0.2) is 13.2 Å². The number of ether oxygens (including phenoxy) is 3. The van der Waals surface area contributed by atoms with Gasteiger partial charge in [0, 0.05) is 11.1 Å². The van der Waals surface area contributed by atoms with E-state index in [1.54, 1.807) is 0 Å². The minimum Gasteiger partial charge on any atom is -0.490 e. The highest BCUT2D eigenvalue weighted by Gasteiger charge is 2.36. The van der Waals surface area contributed by atoms with Gasteiger partial charge in [0.25, 0.3) is 0 Å². The van der Waals surface area contributed by atoms with Crippen molar-refractivity contribution in [2.45, 2.75) is 32.8 Å². The number of benzene rings is 3. The Morgan fingerprint density at radius 2 is 1.14 bits per heavy atom. The van der Waals surface area contributed by atoms with E-state index < -0.39 is 76.0 Å². The Labute approximate surface area is 201 Å². The van der Waals surface area contributed by atoms with E-state index in [1.165, 1.54) is 6.92 Å². The first-order valence-electron chi connectivity index (χ1n) is 10.7. The molecule has 36 heavy (non-hydrogen) atoms. The second-order valence-corrected chi connectivity index (χ2v) is 7.72. The molecular weight excluding hydrogens is 500 g/mol. The van der Waals surface area contributed by atoms with Gasteiger partial charge in [-0.1, -0.05) is 19.4 Å². The van der Waals surface area contributed by atoms with Crippen LogP contribution >= 0.6 is 0 Å². The standard InChI is InChI=1S/C25H20F8O3/c1-3-4-11-34-16-9-6-14(20(27)23(16)30)15-7-10-18(24(31)21(15)28)36-25(32,33)12-35-17-8-5-13(2)19(26)22(17)29/h5-10H,3-4,11-12H2,1-2H3. The molecule has 0 N–H and O–H groups in total. The first-order valence-corrected chi connectivity index (χ1v) is 10.7. The van der Waals surface area contributed by atoms with Gasteiger partial charge in [-0.3, -0.25) is 0 Å². The number of rotatable bonds is 10. The van der Waals surface area contributed by atoms with Gasteiger partial charge in [0.05, 0.1) is 6.61 Å². The van der Waals surface area contributed by atoms with E-state index in [9.17, 15) is 35.1 Å². The van der Waals surface area contributed by atoms with Crippen molar-refractivity contribution in [1.29, 1.82) is 0 Å². The average Bonchev–Trinajstić information content (AvgIpc) is 2.83. The molecule has 0 aromatic heterocycles. The van der Waals surface area contributed by atoms with Gasteiger partial charge in [-0.15, -0.1) is 0 Å². The smallest absolute Gasteiger partial charge is 0.433 e. The third-order valence-electron chi connectivity index (χ3n) is 5.03. The Hall–Kier alpha value is -3.50. The lowest BCUT2D eigenvalue weighted by molar-refractivity contribution is -0.197. The molecule has 3 nitrogen and oxygen atoms in total. The van der Waals surface area contributed by atoms with Gasteiger partial charge in [-0.2, -0.15) is 22.0 Å². The normalized spacial score (nSPS) is 11.5. The molecule has 194 valence electrons. The van der Waals surface area contributed by atoms with Crippen LogP contribution in [0, 0.1) is 41.8 Å². The Bertz CT molecular complexity index is 1250. The van der Waals surface area contributed by atoms with Crippen molar-refractivity contribution >= 4 is 0 Å². The second kappa shape index (κ2) is 11.0. The molecule has 0 aliphatic carbocycles. The van der Waals surface area contributed by atoms with E-state index in [-0.39, 0.29) is 12.2 Å². The largest absolute Gasteiger partial charge is 0.490 e. The summed E-state index contributed by atoms with van der Waals surface area (Å²) in [6, 6.07) is 5.28. The summed E-state index contributed by atoms with van der Waals surface area (Å²) in [6.45, 7) is 1.55. The van der Waals surface area contributed by atoms with Crippen molar-refractivity contribution in [3.8, 4) is 28.4 Å². The van der Waals surface area contributed by atoms with Crippen LogP contribution in [0.2, 0.25) is 0 Å². The van der Waals surface area contributed by atoms with E-state index in [4.69, 9.17) is 4.74 Å². The Balaban J connectivity index is 1.79. The number of aryl methyl sites for hydroxylation is 1. The molecule has 0 amide bonds. The zero-order chi connectivity index (χ0) is 26.6. The first-order chi connectivity index (χ1) is 17.0. The SMILES string of the molecule is CCCCOc1ccc(-c2ccc(OC(F)(F)COc3ccc(C)c(F)c3F)c(F)c2F)c(F)c1F. The van der Waals surface area contributed by atoms with Crippen molar-refractivity contribution in [2.75, 3.05) is 13.2 Å². The summed E-state index contributed by atoms with van der Waals surface area (Å²) in [5.41, 5.74) is -1.52. The molecule has 0 bridgehead atoms. The zero-order valence-electron chi connectivity index (χ0n) is 19.0. The summed E-state index contributed by atoms with van der Waals surface area (Å²) >= 11 is 0. The number of halogens is 8. The van der Waals surface area contributed by atoms with E-state index in [0.29, 0.717) is 12.5 Å². The second-order valence-electron chi connectivity index (χ2n) is 7.72. The maximum Gasteiger partial charge on any atom is 0.433 e. The van der Waals surface area contributed by atoms with Gasteiger partial charge in [0.2, 0.25) is 17.5 Å². The number of alkyl halides is 2. The first kappa shape index (κ1) is 27.1. The zero-order valence-corrected chi connectivity index (χ0v) is 19.0. The number of hydrogen-bond donors (Lipinski definition) is 0. The molecule has 0 spiro atoms. The fourth-order valence-corrected chi connectivity index (χ4v) is 3.09. The summed E-state index contributed by atoms with van der Waals surface area (Å²) in [7, 11) is 0. The predicted octanol–water partition coefficient (Wildman–Crippen LogP) is 7.73. The molecular formula is C25H20F8O3. The van der Waals surface area contributed by atoms with Crippen molar-refractivity contribution in [3.63, 3.8) is 0 Å². The van der Waals surface area contributed by atoms with E-state index >= 15 is 0 Å². The summed E-state index contributed by atoms with van der Waals surface area (Å²) in [4.78, 5) is 0. The maximum absolute atomic E-state index is 14.6. The van der Waals surface area contributed by atoms with Gasteiger partial charge in [0.1, 0.15) is 0 Å². The van der Waals surface area contributed by atoms with Crippen LogP contribution in [0.4, 0.5) is 35.1 Å². The minimum absolute atomic E-state index is 0.0875. The van der Waals surface area contributed by atoms with Crippen molar-refractivity contribution in [1.82, 2.24) is 0 Å². The van der Waals surface area contributed by atoms with Gasteiger partial charge >= 0.3 is 6.11 Å². The molecule has 0 atom stereocenters. The molecule has 3 rings (SSSR count). The summed E-state index contributed by atoms with van der Waals surface area (Å²) in [6.07, 6.45) is -2.98. The van der Waals surface area contributed by atoms with Crippen LogP contribution in [0.15, 0.2) is 36.4 Å². The van der Waals surface area contributed by atoms with Gasteiger partial charge in [-0.05, 0) is 49.2 Å². The van der Waals surface area contributed by atoms with Crippen molar-refractivity contribution in [3.05, 3.63) is 76.9 Å². The van der Waals surface area contributed by atoms with E-state index in [0.717, 1.165) is 36.8 Å². The average molecular weight is 520 g/mol. The molecule has 0 saturated heterocycles. The van der Waals surface area contributed by atoms with E-state index in [2.05, 4.69) is 9.47 Å². The quantitative estimate of drug-likeness (QED) is 0.202. The molecule has 0 aliphatic rings. The van der Waals surface area contributed by atoms with Crippen LogP contribution in [0.3, 0.4) is 0 Å². The van der Waals surface area contributed by atoms with Crippen molar-refractivity contribution < 1.29 is 49.3 Å².